The van der Waals surface area contributed by atoms with Gasteiger partial charge in [0.15, 0.2) is 0 Å². The molecule has 0 aliphatic carbocycles. The first kappa shape index (κ1) is 11.4. The van der Waals surface area contributed by atoms with Crippen LogP contribution in [0.1, 0.15) is 24.8 Å². The lowest BCUT2D eigenvalue weighted by atomic mass is 9.96. The fourth-order valence-corrected chi connectivity index (χ4v) is 1.32. The molecule has 1 atom stereocenters. The Morgan fingerprint density at radius 2 is 2.00 bits per heavy atom. The molecule has 0 amide bonds. The molecular weight excluding hydrogens is 194 g/mol. The Kier molecular flexibility index (Phi) is 3.97. The quantitative estimate of drug-likeness (QED) is 0.422. The number of rotatable bonds is 5. The van der Waals surface area contributed by atoms with Crippen LogP contribution < -0.4 is 0 Å². The van der Waals surface area contributed by atoms with E-state index in [-0.39, 0.29) is 11.6 Å². The SMILES string of the molecule is CC(C[CH]C=O)c1ccc([N+](=O)[O-])cc1. The predicted molar refractivity (Wildman–Crippen MR) is 56.5 cm³/mol. The molecule has 15 heavy (non-hydrogen) atoms. The van der Waals surface area contributed by atoms with Gasteiger partial charge in [-0.2, -0.15) is 0 Å². The standard InChI is InChI=1S/C11H12NO3/c1-9(3-2-8-13)10-4-6-11(7-5-10)12(14)15/h2,4-9H,3H2,1H3. The van der Waals surface area contributed by atoms with E-state index in [4.69, 9.17) is 0 Å². The van der Waals surface area contributed by atoms with E-state index in [1.807, 2.05) is 6.92 Å². The fraction of sp³-hybridized carbons (Fsp3) is 0.273. The molecule has 0 heterocycles. The summed E-state index contributed by atoms with van der Waals surface area (Å²) < 4.78 is 0. The number of hydrogen-bond donors (Lipinski definition) is 0. The summed E-state index contributed by atoms with van der Waals surface area (Å²) in [6, 6.07) is 6.41. The van der Waals surface area contributed by atoms with Crippen LogP contribution in [0.4, 0.5) is 5.69 Å². The van der Waals surface area contributed by atoms with Gasteiger partial charge in [-0.25, -0.2) is 0 Å². The second-order valence-corrected chi connectivity index (χ2v) is 3.36. The van der Waals surface area contributed by atoms with Crippen LogP contribution in [0, 0.1) is 16.5 Å². The molecular formula is C11H12NO3. The Morgan fingerprint density at radius 3 is 2.47 bits per heavy atom. The molecule has 0 fully saturated rings. The Labute approximate surface area is 88.1 Å². The predicted octanol–water partition coefficient (Wildman–Crippen LogP) is 2.49. The van der Waals surface area contributed by atoms with Crippen molar-refractivity contribution in [1.82, 2.24) is 0 Å². The molecule has 1 rings (SSSR count). The molecule has 1 radical (unpaired) electrons. The summed E-state index contributed by atoms with van der Waals surface area (Å²) in [5, 5.41) is 10.4. The number of benzene rings is 1. The van der Waals surface area contributed by atoms with Crippen molar-refractivity contribution < 1.29 is 9.72 Å². The third-order valence-electron chi connectivity index (χ3n) is 2.26. The second kappa shape index (κ2) is 5.24. The topological polar surface area (TPSA) is 60.2 Å². The van der Waals surface area contributed by atoms with E-state index >= 15 is 0 Å². The summed E-state index contributed by atoms with van der Waals surface area (Å²) in [5.41, 5.74) is 1.09. The number of carbonyl (C=O) groups is 1. The van der Waals surface area contributed by atoms with Crippen LogP contribution in [0.15, 0.2) is 24.3 Å². The summed E-state index contributed by atoms with van der Waals surface area (Å²) in [7, 11) is 0. The zero-order valence-corrected chi connectivity index (χ0v) is 8.42. The maximum atomic E-state index is 10.4. The highest BCUT2D eigenvalue weighted by Crippen LogP contribution is 2.22. The van der Waals surface area contributed by atoms with Crippen LogP contribution in [0.25, 0.3) is 0 Å². The zero-order chi connectivity index (χ0) is 11.3. The average Bonchev–Trinajstić information content (AvgIpc) is 2.26. The number of nitro groups is 1. The number of nitro benzene ring substituents is 1. The maximum Gasteiger partial charge on any atom is 0.269 e. The summed E-state index contributed by atoms with van der Waals surface area (Å²) in [6.45, 7) is 1.97. The van der Waals surface area contributed by atoms with Gasteiger partial charge < -0.3 is 4.79 Å². The zero-order valence-electron chi connectivity index (χ0n) is 8.42. The van der Waals surface area contributed by atoms with Gasteiger partial charge in [-0.15, -0.1) is 0 Å². The summed E-state index contributed by atoms with van der Waals surface area (Å²) >= 11 is 0. The number of nitrogens with zero attached hydrogens (tertiary/aromatic N) is 1. The molecule has 0 saturated heterocycles. The largest absolute Gasteiger partial charge is 0.303 e. The first-order valence-corrected chi connectivity index (χ1v) is 4.66. The highest BCUT2D eigenvalue weighted by atomic mass is 16.6. The van der Waals surface area contributed by atoms with Crippen molar-refractivity contribution in [2.75, 3.05) is 0 Å². The second-order valence-electron chi connectivity index (χ2n) is 3.36. The van der Waals surface area contributed by atoms with Gasteiger partial charge in [-0.05, 0) is 17.9 Å². The van der Waals surface area contributed by atoms with E-state index in [2.05, 4.69) is 0 Å². The first-order valence-electron chi connectivity index (χ1n) is 4.66. The average molecular weight is 206 g/mol. The maximum absolute atomic E-state index is 10.4. The van der Waals surface area contributed by atoms with Crippen molar-refractivity contribution in [3.63, 3.8) is 0 Å². The molecule has 0 aliphatic rings. The summed E-state index contributed by atoms with van der Waals surface area (Å²) in [4.78, 5) is 20.1. The lowest BCUT2D eigenvalue weighted by Gasteiger charge is -2.08. The van der Waals surface area contributed by atoms with Gasteiger partial charge in [0, 0.05) is 18.6 Å². The Morgan fingerprint density at radius 1 is 1.40 bits per heavy atom. The molecule has 0 bridgehead atoms. The van der Waals surface area contributed by atoms with Gasteiger partial charge in [0.05, 0.1) is 4.92 Å². The number of aldehydes is 1. The normalized spacial score (nSPS) is 12.1. The van der Waals surface area contributed by atoms with E-state index in [9.17, 15) is 14.9 Å². The Bertz CT molecular complexity index is 345. The van der Waals surface area contributed by atoms with Crippen LogP contribution in [0.5, 0.6) is 0 Å². The van der Waals surface area contributed by atoms with Gasteiger partial charge in [0.2, 0.25) is 0 Å². The minimum absolute atomic E-state index is 0.0883. The number of non-ortho nitro benzene ring substituents is 1. The van der Waals surface area contributed by atoms with Gasteiger partial charge in [-0.3, -0.25) is 10.1 Å². The Balaban J connectivity index is 2.70. The molecule has 79 valence electrons. The van der Waals surface area contributed by atoms with Crippen LogP contribution >= 0.6 is 0 Å². The molecule has 1 unspecified atom stereocenters. The van der Waals surface area contributed by atoms with Crippen molar-refractivity contribution in [3.05, 3.63) is 46.4 Å². The van der Waals surface area contributed by atoms with Gasteiger partial charge in [0.25, 0.3) is 5.69 Å². The third kappa shape index (κ3) is 3.16. The van der Waals surface area contributed by atoms with Crippen molar-refractivity contribution in [2.45, 2.75) is 19.3 Å². The Hall–Kier alpha value is -1.71. The van der Waals surface area contributed by atoms with Gasteiger partial charge in [-0.1, -0.05) is 19.1 Å². The van der Waals surface area contributed by atoms with Crippen molar-refractivity contribution in [2.24, 2.45) is 0 Å². The number of hydrogen-bond acceptors (Lipinski definition) is 3. The number of carbonyl (C=O) groups excluding carboxylic acids is 1. The molecule has 1 aromatic rings. The van der Waals surface area contributed by atoms with Crippen LogP contribution in [-0.2, 0) is 4.79 Å². The van der Waals surface area contributed by atoms with E-state index in [1.165, 1.54) is 12.1 Å². The molecule has 4 nitrogen and oxygen atoms in total. The highest BCUT2D eigenvalue weighted by Gasteiger charge is 2.08. The molecule has 0 spiro atoms. The van der Waals surface area contributed by atoms with E-state index in [0.29, 0.717) is 6.42 Å². The van der Waals surface area contributed by atoms with E-state index in [0.717, 1.165) is 11.8 Å². The van der Waals surface area contributed by atoms with Gasteiger partial charge >= 0.3 is 0 Å². The molecule has 0 aliphatic heterocycles. The van der Waals surface area contributed by atoms with Crippen LogP contribution in [0.3, 0.4) is 0 Å². The third-order valence-corrected chi connectivity index (χ3v) is 2.26. The molecule has 4 heteroatoms. The summed E-state index contributed by atoms with van der Waals surface area (Å²) in [6.07, 6.45) is 2.97. The van der Waals surface area contributed by atoms with Crippen LogP contribution in [-0.4, -0.2) is 11.2 Å². The monoisotopic (exact) mass is 206 g/mol. The van der Waals surface area contributed by atoms with E-state index < -0.39 is 4.92 Å². The molecule has 0 N–H and O–H groups in total. The highest BCUT2D eigenvalue weighted by molar-refractivity contribution is 5.60. The lowest BCUT2D eigenvalue weighted by molar-refractivity contribution is -0.384. The molecule has 0 aromatic heterocycles. The van der Waals surface area contributed by atoms with Gasteiger partial charge in [0.1, 0.15) is 6.29 Å². The smallest absolute Gasteiger partial charge is 0.269 e. The van der Waals surface area contributed by atoms with E-state index in [1.54, 1.807) is 18.6 Å². The minimum Gasteiger partial charge on any atom is -0.303 e. The van der Waals surface area contributed by atoms with Crippen molar-refractivity contribution >= 4 is 12.0 Å². The lowest BCUT2D eigenvalue weighted by Crippen LogP contribution is -1.95. The van der Waals surface area contributed by atoms with Crippen molar-refractivity contribution in [1.29, 1.82) is 0 Å². The first-order chi connectivity index (χ1) is 7.15. The molecule has 0 saturated carbocycles. The molecule has 1 aromatic carbocycles. The van der Waals surface area contributed by atoms with Crippen LogP contribution in [0.2, 0.25) is 0 Å². The fourth-order valence-electron chi connectivity index (χ4n) is 1.32. The summed E-state index contributed by atoms with van der Waals surface area (Å²) in [5.74, 6) is 0.205. The minimum atomic E-state index is -0.425. The van der Waals surface area contributed by atoms with Crippen molar-refractivity contribution in [3.8, 4) is 0 Å².